The second kappa shape index (κ2) is 31.2. The molecule has 0 aromatic carbocycles. The molecule has 0 amide bonds. The van der Waals surface area contributed by atoms with E-state index in [1.54, 1.807) is 0 Å². The first-order chi connectivity index (χ1) is 1.00. The van der Waals surface area contributed by atoms with Gasteiger partial charge in [-0.25, -0.2) is 0 Å². The first-order valence-corrected chi connectivity index (χ1v) is 0.224. The Labute approximate surface area is 105 Å². The van der Waals surface area contributed by atoms with Crippen molar-refractivity contribution in [1.82, 2.24) is 0 Å². The van der Waals surface area contributed by atoms with Crippen molar-refractivity contribution in [2.45, 2.75) is 0 Å². The first kappa shape index (κ1) is 25.8. The van der Waals surface area contributed by atoms with E-state index in [0.29, 0.717) is 0 Å². The molecular weight excluding hydrogens is 212 g/mol. The molecule has 0 radical (unpaired) electrons. The quantitative estimate of drug-likeness (QED) is 0.315. The minimum absolute atomic E-state index is 0. The number of rotatable bonds is 0. The zero-order valence-corrected chi connectivity index (χ0v) is 9.49. The third-order valence-electron chi connectivity index (χ3n) is 0. The summed E-state index contributed by atoms with van der Waals surface area (Å²) in [6.07, 6.45) is 0. The molecule has 0 N–H and O–H groups in total. The van der Waals surface area contributed by atoms with Gasteiger partial charge in [-0.15, -0.1) is 0 Å². The van der Waals surface area contributed by atoms with Crippen molar-refractivity contribution in [3.63, 3.8) is 0 Å². The average Bonchev–Trinajstić information content (AvgIpc) is 1.00. The van der Waals surface area contributed by atoms with E-state index in [2.05, 4.69) is 0 Å². The van der Waals surface area contributed by atoms with E-state index in [9.17, 15) is 0 Å². The molecule has 0 aromatic heterocycles. The summed E-state index contributed by atoms with van der Waals surface area (Å²) in [6.45, 7) is 4.75. The van der Waals surface area contributed by atoms with Crippen LogP contribution in [0.15, 0.2) is 0 Å². The van der Waals surface area contributed by atoms with Crippen molar-refractivity contribution in [1.29, 1.82) is 5.26 Å². The second-order valence-electron chi connectivity index (χ2n) is 0. The van der Waals surface area contributed by atoms with Crippen LogP contribution in [0.2, 0.25) is 0 Å². The van der Waals surface area contributed by atoms with Crippen molar-refractivity contribution in [3.05, 3.63) is 6.57 Å². The van der Waals surface area contributed by atoms with Crippen LogP contribution in [0.25, 0.3) is 0 Å². The molecule has 24 valence electrons. The van der Waals surface area contributed by atoms with Crippen molar-refractivity contribution in [2.24, 2.45) is 0 Å². The van der Waals surface area contributed by atoms with E-state index in [1.807, 2.05) is 0 Å². The minimum Gasteiger partial charge on any atom is -1.00 e. The average molecular weight is 213 g/mol. The third kappa shape index (κ3) is 20.9. The van der Waals surface area contributed by atoms with E-state index in [0.717, 1.165) is 0 Å². The first-order valence-electron chi connectivity index (χ1n) is 0.224. The van der Waals surface area contributed by atoms with Gasteiger partial charge in [0.25, 0.3) is 0 Å². The van der Waals surface area contributed by atoms with Gasteiger partial charge in [-0.2, -0.15) is 0 Å². The van der Waals surface area contributed by atoms with Crippen molar-refractivity contribution in [2.75, 3.05) is 0 Å². The number of hydrogen-bond donors (Lipinski definition) is 0. The van der Waals surface area contributed by atoms with E-state index in [1.165, 1.54) is 0 Å². The van der Waals surface area contributed by atoms with Gasteiger partial charge >= 0.3 is 51.4 Å². The van der Waals surface area contributed by atoms with E-state index < -0.39 is 0 Å². The Kier molecular flexibility index (Phi) is 161. The van der Waals surface area contributed by atoms with Gasteiger partial charge in [0.2, 0.25) is 0 Å². The maximum atomic E-state index is 6.25. The van der Waals surface area contributed by atoms with E-state index in [4.69, 9.17) is 11.8 Å². The summed E-state index contributed by atoms with van der Waals surface area (Å²) in [7, 11) is 0. The van der Waals surface area contributed by atoms with Crippen LogP contribution >= 0.6 is 0 Å². The molecule has 0 saturated heterocycles. The fourth-order valence-corrected chi connectivity index (χ4v) is 0. The van der Waals surface area contributed by atoms with Crippen LogP contribution < -0.4 is 51.4 Å². The van der Waals surface area contributed by atoms with Crippen molar-refractivity contribution in [3.8, 4) is 0 Å². The molecule has 0 rings (SSSR count). The SMILES string of the molecule is [C-]#N.[Fe].[H-].[K+].[Zr]. The predicted octanol–water partition coefficient (Wildman–Crippen LogP) is -2.79. The molecular formula is CHFeKNZr-. The summed E-state index contributed by atoms with van der Waals surface area (Å²) in [4.78, 5) is 0. The van der Waals surface area contributed by atoms with Crippen LogP contribution in [-0.2, 0) is 43.3 Å². The molecule has 4 heteroatoms. The van der Waals surface area contributed by atoms with Gasteiger partial charge in [0.05, 0.1) is 0 Å². The normalized spacial score (nSPS) is 0.400. The maximum absolute atomic E-state index is 6.25. The molecule has 0 unspecified atom stereocenters. The Morgan fingerprint density at radius 2 is 1.40 bits per heavy atom. The van der Waals surface area contributed by atoms with Crippen LogP contribution in [-0.4, -0.2) is 0 Å². The Balaban J connectivity index is -0.000000000833. The fraction of sp³-hybridized carbons (Fsp3) is 0. The molecule has 0 spiro atoms. The Hall–Kier alpha value is 2.53. The van der Waals surface area contributed by atoms with Gasteiger partial charge in [0.15, 0.2) is 0 Å². The standard InChI is InChI=1S/CN.Fe.K.Zr.H/c1-2;;;;/q-1;;+1;;-1. The second-order valence-corrected chi connectivity index (χ2v) is 0. The minimum atomic E-state index is 0. The zero-order valence-electron chi connectivity index (χ0n) is 3.80. The maximum Gasteiger partial charge on any atom is 1.00 e. The molecule has 0 saturated carbocycles. The summed E-state index contributed by atoms with van der Waals surface area (Å²) in [5, 5.41) is 6.25. The van der Waals surface area contributed by atoms with Crippen LogP contribution in [0.3, 0.4) is 0 Å². The number of hydrogen-bond acceptors (Lipinski definition) is 1. The molecule has 0 atom stereocenters. The summed E-state index contributed by atoms with van der Waals surface area (Å²) in [6, 6.07) is 0. The molecule has 0 aliphatic heterocycles. The van der Waals surface area contributed by atoms with Crippen molar-refractivity contribution >= 4 is 0 Å². The number of nitrogens with zero attached hydrogens (tertiary/aromatic N) is 1. The van der Waals surface area contributed by atoms with Crippen LogP contribution in [0, 0.1) is 11.8 Å². The molecule has 0 heterocycles. The van der Waals surface area contributed by atoms with Crippen LogP contribution in [0.1, 0.15) is 1.43 Å². The molecule has 0 aliphatic carbocycles. The smallest absolute Gasteiger partial charge is 1.00 e. The fourth-order valence-electron chi connectivity index (χ4n) is 0. The summed E-state index contributed by atoms with van der Waals surface area (Å²) < 4.78 is 0. The summed E-state index contributed by atoms with van der Waals surface area (Å²) in [5.41, 5.74) is 0. The van der Waals surface area contributed by atoms with Gasteiger partial charge in [-0.3, -0.25) is 0 Å². The summed E-state index contributed by atoms with van der Waals surface area (Å²) >= 11 is 0. The predicted molar refractivity (Wildman–Crippen MR) is 6.08 cm³/mol. The van der Waals surface area contributed by atoms with Gasteiger partial charge in [0.1, 0.15) is 0 Å². The van der Waals surface area contributed by atoms with E-state index >= 15 is 0 Å². The summed E-state index contributed by atoms with van der Waals surface area (Å²) in [5.74, 6) is 0. The Bertz CT molecular complexity index is 20.3. The molecule has 5 heavy (non-hydrogen) atoms. The van der Waals surface area contributed by atoms with Crippen LogP contribution in [0.5, 0.6) is 0 Å². The molecule has 0 aromatic rings. The molecule has 0 bridgehead atoms. The van der Waals surface area contributed by atoms with Gasteiger partial charge in [-0.1, -0.05) is 0 Å². The van der Waals surface area contributed by atoms with Gasteiger partial charge in [0, 0.05) is 43.3 Å². The Morgan fingerprint density at radius 1 is 1.40 bits per heavy atom. The zero-order chi connectivity index (χ0) is 2.00. The Morgan fingerprint density at radius 3 is 1.40 bits per heavy atom. The monoisotopic (exact) mass is 212 g/mol. The third-order valence-corrected chi connectivity index (χ3v) is 0. The van der Waals surface area contributed by atoms with Gasteiger partial charge in [-0.05, 0) is 0 Å². The van der Waals surface area contributed by atoms with Crippen molar-refractivity contribution < 1.29 is 96.1 Å². The van der Waals surface area contributed by atoms with E-state index in [-0.39, 0.29) is 96.1 Å². The van der Waals surface area contributed by atoms with Gasteiger partial charge < -0.3 is 13.3 Å². The largest absolute Gasteiger partial charge is 1.00 e. The van der Waals surface area contributed by atoms with Crippen LogP contribution in [0.4, 0.5) is 0 Å². The topological polar surface area (TPSA) is 23.8 Å². The molecule has 1 nitrogen and oxygen atoms in total. The molecule has 0 aliphatic rings. The molecule has 0 fully saturated rings.